The lowest BCUT2D eigenvalue weighted by atomic mass is 10.1. The summed E-state index contributed by atoms with van der Waals surface area (Å²) in [6.45, 7) is 0. The van der Waals surface area contributed by atoms with Crippen molar-refractivity contribution < 1.29 is 4.79 Å². The molecule has 1 aromatic rings. The molecule has 0 saturated carbocycles. The predicted octanol–water partition coefficient (Wildman–Crippen LogP) is 2.56. The third kappa shape index (κ3) is 2.73. The monoisotopic (exact) mass is 217 g/mol. The van der Waals surface area contributed by atoms with Gasteiger partial charge < -0.3 is 5.32 Å². The van der Waals surface area contributed by atoms with E-state index in [-0.39, 0.29) is 11.2 Å². The minimum absolute atomic E-state index is 0.0462. The van der Waals surface area contributed by atoms with Gasteiger partial charge in [0.1, 0.15) is 0 Å². The SMILES string of the molecule is O=C(/C=C/C1NC=CS1)c1ccccc1. The van der Waals surface area contributed by atoms with Crippen molar-refractivity contribution in [3.63, 3.8) is 0 Å². The molecule has 76 valence electrons. The zero-order valence-corrected chi connectivity index (χ0v) is 8.91. The lowest BCUT2D eigenvalue weighted by molar-refractivity contribution is 0.104. The van der Waals surface area contributed by atoms with Crippen molar-refractivity contribution in [3.8, 4) is 0 Å². The Labute approximate surface area is 93.1 Å². The van der Waals surface area contributed by atoms with Crippen LogP contribution in [0.5, 0.6) is 0 Å². The summed E-state index contributed by atoms with van der Waals surface area (Å²) < 4.78 is 0. The highest BCUT2D eigenvalue weighted by Crippen LogP contribution is 2.16. The molecule has 1 heterocycles. The normalized spacial score (nSPS) is 19.3. The van der Waals surface area contributed by atoms with Gasteiger partial charge in [0.25, 0.3) is 0 Å². The van der Waals surface area contributed by atoms with E-state index < -0.39 is 0 Å². The zero-order valence-electron chi connectivity index (χ0n) is 8.09. The Kier molecular flexibility index (Phi) is 3.25. The molecule has 1 aliphatic heterocycles. The summed E-state index contributed by atoms with van der Waals surface area (Å²) in [5.41, 5.74) is 0.727. The maximum atomic E-state index is 11.7. The fourth-order valence-electron chi connectivity index (χ4n) is 1.27. The first-order valence-electron chi connectivity index (χ1n) is 4.70. The van der Waals surface area contributed by atoms with Crippen molar-refractivity contribution in [1.29, 1.82) is 0 Å². The average Bonchev–Trinajstić information content (AvgIpc) is 2.80. The van der Waals surface area contributed by atoms with E-state index in [1.165, 1.54) is 0 Å². The van der Waals surface area contributed by atoms with Crippen LogP contribution in [-0.2, 0) is 0 Å². The Hall–Kier alpha value is -1.48. The van der Waals surface area contributed by atoms with Gasteiger partial charge in [0.2, 0.25) is 0 Å². The molecule has 1 unspecified atom stereocenters. The van der Waals surface area contributed by atoms with Crippen molar-refractivity contribution in [2.75, 3.05) is 0 Å². The van der Waals surface area contributed by atoms with Crippen molar-refractivity contribution in [2.45, 2.75) is 5.37 Å². The van der Waals surface area contributed by atoms with Crippen LogP contribution in [0.1, 0.15) is 10.4 Å². The van der Waals surface area contributed by atoms with Crippen LogP contribution in [0.3, 0.4) is 0 Å². The maximum absolute atomic E-state index is 11.7. The molecular weight excluding hydrogens is 206 g/mol. The van der Waals surface area contributed by atoms with E-state index >= 15 is 0 Å². The van der Waals surface area contributed by atoms with Gasteiger partial charge >= 0.3 is 0 Å². The fraction of sp³-hybridized carbons (Fsp3) is 0.0833. The highest BCUT2D eigenvalue weighted by atomic mass is 32.2. The van der Waals surface area contributed by atoms with E-state index in [1.54, 1.807) is 17.8 Å². The van der Waals surface area contributed by atoms with Gasteiger partial charge in [-0.05, 0) is 17.6 Å². The second kappa shape index (κ2) is 4.84. The molecule has 1 aromatic carbocycles. The number of carbonyl (C=O) groups is 1. The molecule has 1 atom stereocenters. The molecule has 0 spiro atoms. The molecule has 0 fully saturated rings. The van der Waals surface area contributed by atoms with Gasteiger partial charge in [0, 0.05) is 11.8 Å². The Morgan fingerprint density at radius 2 is 2.13 bits per heavy atom. The molecule has 1 aliphatic rings. The number of allylic oxidation sites excluding steroid dienone is 1. The zero-order chi connectivity index (χ0) is 10.5. The number of nitrogens with one attached hydrogen (secondary N) is 1. The van der Waals surface area contributed by atoms with Gasteiger partial charge in [0.15, 0.2) is 5.78 Å². The number of hydrogen-bond donors (Lipinski definition) is 1. The van der Waals surface area contributed by atoms with E-state index in [9.17, 15) is 4.79 Å². The largest absolute Gasteiger partial charge is 0.375 e. The van der Waals surface area contributed by atoms with Gasteiger partial charge in [0.05, 0.1) is 5.37 Å². The Balaban J connectivity index is 1.98. The van der Waals surface area contributed by atoms with Crippen molar-refractivity contribution in [2.24, 2.45) is 0 Å². The Bertz CT molecular complexity index is 389. The number of ketones is 1. The Morgan fingerprint density at radius 3 is 2.80 bits per heavy atom. The minimum Gasteiger partial charge on any atom is -0.375 e. The molecule has 0 saturated heterocycles. The lowest BCUT2D eigenvalue weighted by Gasteiger charge is -2.02. The standard InChI is InChI=1S/C12H11NOS/c14-11(10-4-2-1-3-5-10)6-7-12-13-8-9-15-12/h1-9,12-13H/b7-6+. The maximum Gasteiger partial charge on any atom is 0.185 e. The van der Waals surface area contributed by atoms with E-state index in [4.69, 9.17) is 0 Å². The molecular formula is C12H11NOS. The van der Waals surface area contributed by atoms with Crippen LogP contribution in [-0.4, -0.2) is 11.2 Å². The summed E-state index contributed by atoms with van der Waals surface area (Å²) in [5.74, 6) is 0.0462. The van der Waals surface area contributed by atoms with Crippen LogP contribution in [0.2, 0.25) is 0 Å². The summed E-state index contributed by atoms with van der Waals surface area (Å²) in [6.07, 6.45) is 5.37. The summed E-state index contributed by atoms with van der Waals surface area (Å²) >= 11 is 1.65. The van der Waals surface area contributed by atoms with Crippen molar-refractivity contribution in [3.05, 3.63) is 59.7 Å². The van der Waals surface area contributed by atoms with Crippen LogP contribution in [0, 0.1) is 0 Å². The number of hydrogen-bond acceptors (Lipinski definition) is 3. The van der Waals surface area contributed by atoms with Crippen LogP contribution in [0.25, 0.3) is 0 Å². The summed E-state index contributed by atoms with van der Waals surface area (Å²) in [4.78, 5) is 11.7. The number of rotatable bonds is 3. The molecule has 2 nitrogen and oxygen atoms in total. The first-order chi connectivity index (χ1) is 7.36. The topological polar surface area (TPSA) is 29.1 Å². The van der Waals surface area contributed by atoms with E-state index in [0.717, 1.165) is 5.56 Å². The number of carbonyl (C=O) groups excluding carboxylic acids is 1. The predicted molar refractivity (Wildman–Crippen MR) is 63.6 cm³/mol. The first kappa shape index (κ1) is 10.1. The molecule has 0 aliphatic carbocycles. The van der Waals surface area contributed by atoms with Crippen LogP contribution < -0.4 is 5.32 Å². The van der Waals surface area contributed by atoms with Gasteiger partial charge in [-0.2, -0.15) is 0 Å². The second-order valence-electron chi connectivity index (χ2n) is 3.12. The molecule has 1 N–H and O–H groups in total. The van der Waals surface area contributed by atoms with Gasteiger partial charge in [-0.1, -0.05) is 30.3 Å². The average molecular weight is 217 g/mol. The molecule has 2 rings (SSSR count). The lowest BCUT2D eigenvalue weighted by Crippen LogP contribution is -2.12. The van der Waals surface area contributed by atoms with Crippen molar-refractivity contribution >= 4 is 17.5 Å². The first-order valence-corrected chi connectivity index (χ1v) is 5.65. The highest BCUT2D eigenvalue weighted by molar-refractivity contribution is 8.03. The number of thioether (sulfide) groups is 1. The third-order valence-corrected chi connectivity index (χ3v) is 2.91. The summed E-state index contributed by atoms with van der Waals surface area (Å²) in [7, 11) is 0. The quantitative estimate of drug-likeness (QED) is 0.623. The van der Waals surface area contributed by atoms with E-state index in [1.807, 2.05) is 48.0 Å². The van der Waals surface area contributed by atoms with Crippen LogP contribution >= 0.6 is 11.8 Å². The van der Waals surface area contributed by atoms with Gasteiger partial charge in [-0.15, -0.1) is 11.8 Å². The fourth-order valence-corrected chi connectivity index (χ4v) is 1.92. The molecule has 0 bridgehead atoms. The summed E-state index contributed by atoms with van der Waals surface area (Å²) in [6, 6.07) is 9.27. The third-order valence-electron chi connectivity index (χ3n) is 2.03. The van der Waals surface area contributed by atoms with E-state index in [2.05, 4.69) is 5.32 Å². The minimum atomic E-state index is 0.0462. The number of benzene rings is 1. The Morgan fingerprint density at radius 1 is 1.33 bits per heavy atom. The van der Waals surface area contributed by atoms with Crippen LogP contribution in [0.15, 0.2) is 54.1 Å². The molecule has 0 radical (unpaired) electrons. The highest BCUT2D eigenvalue weighted by Gasteiger charge is 2.06. The molecule has 3 heteroatoms. The van der Waals surface area contributed by atoms with Gasteiger partial charge in [-0.25, -0.2) is 0 Å². The molecule has 0 aromatic heterocycles. The van der Waals surface area contributed by atoms with E-state index in [0.29, 0.717) is 0 Å². The summed E-state index contributed by atoms with van der Waals surface area (Å²) in [5, 5.41) is 5.27. The van der Waals surface area contributed by atoms with Crippen molar-refractivity contribution in [1.82, 2.24) is 5.32 Å². The smallest absolute Gasteiger partial charge is 0.185 e. The van der Waals surface area contributed by atoms with Gasteiger partial charge in [-0.3, -0.25) is 4.79 Å². The second-order valence-corrected chi connectivity index (χ2v) is 4.17. The molecule has 15 heavy (non-hydrogen) atoms. The van der Waals surface area contributed by atoms with Crippen LogP contribution in [0.4, 0.5) is 0 Å². The molecule has 0 amide bonds.